The van der Waals surface area contributed by atoms with Crippen LogP contribution >= 0.6 is 0 Å². The fourth-order valence-corrected chi connectivity index (χ4v) is 7.76. The summed E-state index contributed by atoms with van der Waals surface area (Å²) in [5, 5.41) is 9.10. The fourth-order valence-electron chi connectivity index (χ4n) is 7.76. The van der Waals surface area contributed by atoms with Gasteiger partial charge in [0, 0.05) is 0 Å². The number of hydrogen-bond donors (Lipinski definition) is 1. The molecule has 0 saturated carbocycles. The Balaban J connectivity index is 1.14. The van der Waals surface area contributed by atoms with Gasteiger partial charge in [0.25, 0.3) is 0 Å². The Morgan fingerprint density at radius 2 is 1.00 bits per heavy atom. The van der Waals surface area contributed by atoms with Crippen LogP contribution in [0.4, 0.5) is 5.82 Å². The zero-order valence-electron chi connectivity index (χ0n) is 33.1. The third-order valence-corrected chi connectivity index (χ3v) is 10.7. The first-order valence-corrected chi connectivity index (χ1v) is 20.0. The minimum Gasteiger partial charge on any atom is -0.459 e. The monoisotopic (exact) mass is 821 g/mol. The molecule has 8 aromatic rings. The number of nitrogens with zero attached hydrogens (tertiary/aromatic N) is 4. The van der Waals surface area contributed by atoms with Gasteiger partial charge < -0.3 is 24.3 Å². The second kappa shape index (κ2) is 17.7. The van der Waals surface area contributed by atoms with Gasteiger partial charge in [0.05, 0.1) is 28.3 Å². The molecule has 306 valence electrons. The van der Waals surface area contributed by atoms with Crippen LogP contribution in [0.15, 0.2) is 195 Å². The first-order chi connectivity index (χ1) is 30.5. The minimum atomic E-state index is -1.30. The molecule has 1 fully saturated rings. The number of hydrogen-bond acceptors (Lipinski definition) is 11. The van der Waals surface area contributed by atoms with Crippen LogP contribution in [-0.4, -0.2) is 62.6 Å². The summed E-state index contributed by atoms with van der Waals surface area (Å²) < 4.78 is 26.3. The lowest BCUT2D eigenvalue weighted by molar-refractivity contribution is -0.0654. The van der Waals surface area contributed by atoms with Crippen molar-refractivity contribution in [2.75, 3.05) is 11.9 Å². The standard InChI is InChI=1S/C50H39N5O7/c56-47(34-19-7-1-8-20-34)59-32-41-42(61-48(57)35-21-9-2-10-22-35)43(62-49(58)36-23-11-3-12-24-36)46(60-41)55-45-40(31-53-55)44(51-33-52-45)54-50(37-25-13-4-14-26-37,38-27-15-5-16-28-38)39-29-17-6-18-30-39/h1-31,33,41-43,46H,32H2,(H,51,52,54)/t41-,42-,43-,46-/m1/s1. The third kappa shape index (κ3) is 7.89. The molecule has 3 heterocycles. The van der Waals surface area contributed by atoms with Gasteiger partial charge in [-0.05, 0) is 53.1 Å². The van der Waals surface area contributed by atoms with E-state index >= 15 is 0 Å². The molecule has 6 aromatic carbocycles. The molecule has 0 amide bonds. The second-order valence-corrected chi connectivity index (χ2v) is 14.5. The molecular weight excluding hydrogens is 783 g/mol. The maximum absolute atomic E-state index is 13.9. The van der Waals surface area contributed by atoms with Gasteiger partial charge in [-0.3, -0.25) is 0 Å². The van der Waals surface area contributed by atoms with Crippen molar-refractivity contribution in [3.63, 3.8) is 0 Å². The number of rotatable bonds is 13. The zero-order chi connectivity index (χ0) is 42.3. The Bertz CT molecular complexity index is 2680. The van der Waals surface area contributed by atoms with Crippen LogP contribution in [0.3, 0.4) is 0 Å². The van der Waals surface area contributed by atoms with Crippen molar-refractivity contribution in [1.82, 2.24) is 19.7 Å². The highest BCUT2D eigenvalue weighted by Crippen LogP contribution is 2.42. The van der Waals surface area contributed by atoms with Crippen LogP contribution in [0, 0.1) is 0 Å². The summed E-state index contributed by atoms with van der Waals surface area (Å²) in [5.74, 6) is -1.55. The summed E-state index contributed by atoms with van der Waals surface area (Å²) in [6.45, 7) is -0.356. The summed E-state index contributed by atoms with van der Waals surface area (Å²) >= 11 is 0. The van der Waals surface area contributed by atoms with Crippen LogP contribution in [0.5, 0.6) is 0 Å². The van der Waals surface area contributed by atoms with Gasteiger partial charge in [-0.15, -0.1) is 0 Å². The summed E-state index contributed by atoms with van der Waals surface area (Å²) in [4.78, 5) is 50.3. The Morgan fingerprint density at radius 3 is 1.48 bits per heavy atom. The second-order valence-electron chi connectivity index (χ2n) is 14.5. The van der Waals surface area contributed by atoms with E-state index in [1.165, 1.54) is 11.0 Å². The highest BCUT2D eigenvalue weighted by molar-refractivity contribution is 5.91. The van der Waals surface area contributed by atoms with E-state index in [0.717, 1.165) is 16.7 Å². The molecule has 12 nitrogen and oxygen atoms in total. The summed E-state index contributed by atoms with van der Waals surface area (Å²) in [6, 6.07) is 55.6. The number of esters is 3. The lowest BCUT2D eigenvalue weighted by Crippen LogP contribution is -2.41. The normalized spacial score (nSPS) is 17.2. The molecule has 0 bridgehead atoms. The Labute approximate surface area is 356 Å². The number of anilines is 1. The molecule has 9 rings (SSSR count). The predicted octanol–water partition coefficient (Wildman–Crippen LogP) is 8.44. The van der Waals surface area contributed by atoms with Gasteiger partial charge >= 0.3 is 17.9 Å². The number of carbonyl (C=O) groups excluding carboxylic acids is 3. The van der Waals surface area contributed by atoms with Gasteiger partial charge in [-0.25, -0.2) is 29.0 Å². The number of nitrogens with one attached hydrogen (secondary N) is 1. The molecule has 1 aliphatic heterocycles. The van der Waals surface area contributed by atoms with Crippen LogP contribution in [0.1, 0.15) is 54.0 Å². The van der Waals surface area contributed by atoms with Crippen LogP contribution in [0.25, 0.3) is 11.0 Å². The van der Waals surface area contributed by atoms with Crippen LogP contribution < -0.4 is 5.32 Å². The Hall–Kier alpha value is -7.96. The first-order valence-electron chi connectivity index (χ1n) is 20.0. The molecule has 62 heavy (non-hydrogen) atoms. The maximum atomic E-state index is 13.9. The van der Waals surface area contributed by atoms with E-state index in [1.807, 2.05) is 54.6 Å². The largest absolute Gasteiger partial charge is 0.459 e. The van der Waals surface area contributed by atoms with Crippen molar-refractivity contribution in [3.05, 3.63) is 228 Å². The quantitative estimate of drug-likeness (QED) is 0.0680. The van der Waals surface area contributed by atoms with E-state index < -0.39 is 48.0 Å². The molecule has 0 spiro atoms. The maximum Gasteiger partial charge on any atom is 0.338 e. The number of benzene rings is 6. The number of ether oxygens (including phenoxy) is 4. The SMILES string of the molecule is O=C(OC[C@H]1O[C@@H](n2ncc3c(NC(c4ccccc4)(c4ccccc4)c4ccccc4)ncnc32)[C@H](OC(=O)c2ccccc2)[C@@H]1OC(=O)c1ccccc1)c1ccccc1. The molecular formula is C50H39N5O7. The molecule has 4 atom stereocenters. The van der Waals surface area contributed by atoms with Crippen molar-refractivity contribution in [1.29, 1.82) is 0 Å². The van der Waals surface area contributed by atoms with Gasteiger partial charge in [0.1, 0.15) is 30.4 Å². The van der Waals surface area contributed by atoms with E-state index in [-0.39, 0.29) is 17.7 Å². The Kier molecular flexibility index (Phi) is 11.3. The minimum absolute atomic E-state index is 0.260. The lowest BCUT2D eigenvalue weighted by Gasteiger charge is -2.37. The number of fused-ring (bicyclic) bond motifs is 1. The predicted molar refractivity (Wildman–Crippen MR) is 230 cm³/mol. The summed E-state index contributed by atoms with van der Waals surface area (Å²) in [6.07, 6.45) is -1.89. The molecule has 0 radical (unpaired) electrons. The van der Waals surface area contributed by atoms with E-state index in [1.54, 1.807) is 97.2 Å². The molecule has 1 N–H and O–H groups in total. The molecule has 0 unspecified atom stereocenters. The fraction of sp³-hybridized carbons (Fsp3) is 0.120. The van der Waals surface area contributed by atoms with E-state index in [4.69, 9.17) is 29.0 Å². The van der Waals surface area contributed by atoms with Crippen LogP contribution in [-0.2, 0) is 24.5 Å². The smallest absolute Gasteiger partial charge is 0.338 e. The number of aromatic nitrogens is 4. The third-order valence-electron chi connectivity index (χ3n) is 10.7. The lowest BCUT2D eigenvalue weighted by atomic mass is 9.77. The highest BCUT2D eigenvalue weighted by Gasteiger charge is 2.52. The van der Waals surface area contributed by atoms with Gasteiger partial charge in [-0.2, -0.15) is 5.10 Å². The summed E-state index contributed by atoms with van der Waals surface area (Å²) in [5.41, 5.74) is 3.10. The zero-order valence-corrected chi connectivity index (χ0v) is 33.1. The van der Waals surface area contributed by atoms with Crippen molar-refractivity contribution in [2.24, 2.45) is 0 Å². The van der Waals surface area contributed by atoms with Gasteiger partial charge in [0.2, 0.25) is 0 Å². The average Bonchev–Trinajstić information content (AvgIpc) is 3.92. The van der Waals surface area contributed by atoms with Crippen LogP contribution in [0.2, 0.25) is 0 Å². The highest BCUT2D eigenvalue weighted by atomic mass is 16.7. The molecule has 0 aliphatic carbocycles. The molecule has 2 aromatic heterocycles. The van der Waals surface area contributed by atoms with Crippen molar-refractivity contribution in [3.8, 4) is 0 Å². The van der Waals surface area contributed by atoms with Crippen molar-refractivity contribution < 1.29 is 33.3 Å². The summed E-state index contributed by atoms with van der Waals surface area (Å²) in [7, 11) is 0. The van der Waals surface area contributed by atoms with Crippen molar-refractivity contribution >= 4 is 34.8 Å². The van der Waals surface area contributed by atoms with E-state index in [9.17, 15) is 14.4 Å². The molecule has 1 saturated heterocycles. The number of carbonyl (C=O) groups is 3. The van der Waals surface area contributed by atoms with E-state index in [0.29, 0.717) is 22.4 Å². The molecule has 12 heteroatoms. The average molecular weight is 822 g/mol. The van der Waals surface area contributed by atoms with E-state index in [2.05, 4.69) is 46.7 Å². The van der Waals surface area contributed by atoms with Gasteiger partial charge in [0.15, 0.2) is 24.1 Å². The Morgan fingerprint density at radius 1 is 0.565 bits per heavy atom. The van der Waals surface area contributed by atoms with Crippen molar-refractivity contribution in [2.45, 2.75) is 30.1 Å². The first kappa shape index (κ1) is 39.5. The van der Waals surface area contributed by atoms with Gasteiger partial charge in [-0.1, -0.05) is 146 Å². The topological polar surface area (TPSA) is 144 Å². The molecule has 1 aliphatic rings.